The monoisotopic (exact) mass is 252 g/mol. The molecule has 0 bridgehead atoms. The number of hydrogen-bond donors (Lipinski definition) is 0. The summed E-state index contributed by atoms with van der Waals surface area (Å²) in [5, 5.41) is 0. The summed E-state index contributed by atoms with van der Waals surface area (Å²) < 4.78 is 0. The van der Waals surface area contributed by atoms with Crippen molar-refractivity contribution in [2.75, 3.05) is 32.7 Å². The number of piperidine rings is 2. The Balaban J connectivity index is 1.77. The van der Waals surface area contributed by atoms with Crippen LogP contribution in [0.3, 0.4) is 0 Å². The summed E-state index contributed by atoms with van der Waals surface area (Å²) in [5.41, 5.74) is 0. The summed E-state index contributed by atoms with van der Waals surface area (Å²) in [7, 11) is 0. The molecule has 2 saturated heterocycles. The molecule has 2 atom stereocenters. The van der Waals surface area contributed by atoms with E-state index in [1.54, 1.807) is 0 Å². The van der Waals surface area contributed by atoms with E-state index in [9.17, 15) is 0 Å². The molecule has 0 aromatic rings. The van der Waals surface area contributed by atoms with Crippen molar-refractivity contribution in [3.05, 3.63) is 0 Å². The molecule has 2 nitrogen and oxygen atoms in total. The Morgan fingerprint density at radius 3 is 2.22 bits per heavy atom. The van der Waals surface area contributed by atoms with Gasteiger partial charge < -0.3 is 9.80 Å². The Bertz CT molecular complexity index is 243. The minimum atomic E-state index is 0.726. The van der Waals surface area contributed by atoms with Crippen LogP contribution in [0, 0.1) is 17.8 Å². The van der Waals surface area contributed by atoms with E-state index in [0.717, 1.165) is 23.8 Å². The number of hydrogen-bond acceptors (Lipinski definition) is 2. The molecule has 2 aliphatic heterocycles. The predicted octanol–water partition coefficient (Wildman–Crippen LogP) is 3.08. The lowest BCUT2D eigenvalue weighted by Gasteiger charge is -2.42. The minimum Gasteiger partial charge on any atom is -0.303 e. The van der Waals surface area contributed by atoms with Crippen molar-refractivity contribution in [3.63, 3.8) is 0 Å². The van der Waals surface area contributed by atoms with Crippen LogP contribution in [0.15, 0.2) is 0 Å². The van der Waals surface area contributed by atoms with Crippen LogP contribution in [-0.4, -0.2) is 48.6 Å². The van der Waals surface area contributed by atoms with Crippen LogP contribution in [0.5, 0.6) is 0 Å². The second-order valence-electron chi connectivity index (χ2n) is 7.10. The molecule has 2 unspecified atom stereocenters. The van der Waals surface area contributed by atoms with E-state index < -0.39 is 0 Å². The average molecular weight is 252 g/mol. The predicted molar refractivity (Wildman–Crippen MR) is 78.8 cm³/mol. The highest BCUT2D eigenvalue weighted by Gasteiger charge is 2.29. The van der Waals surface area contributed by atoms with Gasteiger partial charge in [0.05, 0.1) is 0 Å². The van der Waals surface area contributed by atoms with Crippen molar-refractivity contribution in [2.45, 2.75) is 53.0 Å². The molecule has 0 spiro atoms. The third-order valence-electron chi connectivity index (χ3n) is 5.21. The molecular formula is C16H32N2. The smallest absolute Gasteiger partial charge is 0.00387 e. The molecule has 0 radical (unpaired) electrons. The van der Waals surface area contributed by atoms with E-state index in [-0.39, 0.29) is 0 Å². The van der Waals surface area contributed by atoms with Crippen molar-refractivity contribution in [1.82, 2.24) is 9.80 Å². The van der Waals surface area contributed by atoms with Gasteiger partial charge in [0.25, 0.3) is 0 Å². The Hall–Kier alpha value is -0.0800. The first-order chi connectivity index (χ1) is 8.56. The molecule has 2 fully saturated rings. The van der Waals surface area contributed by atoms with Gasteiger partial charge in [-0.25, -0.2) is 0 Å². The van der Waals surface area contributed by atoms with Gasteiger partial charge in [-0.3, -0.25) is 0 Å². The van der Waals surface area contributed by atoms with E-state index in [0.29, 0.717) is 0 Å². The Labute approximate surface area is 114 Å². The Kier molecular flexibility index (Phi) is 5.08. The van der Waals surface area contributed by atoms with Gasteiger partial charge in [0.15, 0.2) is 0 Å². The molecule has 2 heteroatoms. The zero-order chi connectivity index (χ0) is 13.1. The first-order valence-corrected chi connectivity index (χ1v) is 8.02. The van der Waals surface area contributed by atoms with Gasteiger partial charge in [0.2, 0.25) is 0 Å². The number of likely N-dealkylation sites (tertiary alicyclic amines) is 2. The highest BCUT2D eigenvalue weighted by atomic mass is 15.2. The molecule has 0 aromatic carbocycles. The second-order valence-corrected chi connectivity index (χ2v) is 7.10. The van der Waals surface area contributed by atoms with Crippen LogP contribution in [0.1, 0.15) is 47.0 Å². The SMILES string of the molecule is CC1CCN(CC2CCN(C(C)C)CC2C)CC1. The summed E-state index contributed by atoms with van der Waals surface area (Å²) in [6, 6.07) is 0.726. The van der Waals surface area contributed by atoms with E-state index in [1.807, 2.05) is 0 Å². The second kappa shape index (κ2) is 6.38. The van der Waals surface area contributed by atoms with Gasteiger partial charge in [-0.2, -0.15) is 0 Å². The highest BCUT2D eigenvalue weighted by Crippen LogP contribution is 2.27. The van der Waals surface area contributed by atoms with E-state index in [4.69, 9.17) is 0 Å². The lowest BCUT2D eigenvalue weighted by atomic mass is 9.85. The summed E-state index contributed by atoms with van der Waals surface area (Å²) in [5.74, 6) is 2.77. The molecular weight excluding hydrogens is 220 g/mol. The minimum absolute atomic E-state index is 0.726. The molecule has 0 amide bonds. The first-order valence-electron chi connectivity index (χ1n) is 8.02. The molecule has 18 heavy (non-hydrogen) atoms. The average Bonchev–Trinajstić information content (AvgIpc) is 2.34. The van der Waals surface area contributed by atoms with Gasteiger partial charge in [0.1, 0.15) is 0 Å². The third kappa shape index (κ3) is 3.71. The molecule has 0 aromatic heterocycles. The summed E-state index contributed by atoms with van der Waals surface area (Å²) in [6.07, 6.45) is 4.24. The maximum Gasteiger partial charge on any atom is 0.00387 e. The van der Waals surface area contributed by atoms with E-state index in [1.165, 1.54) is 52.0 Å². The van der Waals surface area contributed by atoms with Gasteiger partial charge in [0, 0.05) is 19.1 Å². The van der Waals surface area contributed by atoms with Crippen molar-refractivity contribution >= 4 is 0 Å². The molecule has 106 valence electrons. The Morgan fingerprint density at radius 1 is 1.00 bits per heavy atom. The summed E-state index contributed by atoms with van der Waals surface area (Å²) >= 11 is 0. The van der Waals surface area contributed by atoms with Crippen LogP contribution in [0.4, 0.5) is 0 Å². The molecule has 2 aliphatic rings. The number of rotatable bonds is 3. The molecule has 0 aliphatic carbocycles. The fraction of sp³-hybridized carbons (Fsp3) is 1.00. The van der Waals surface area contributed by atoms with Crippen molar-refractivity contribution < 1.29 is 0 Å². The highest BCUT2D eigenvalue weighted by molar-refractivity contribution is 4.82. The van der Waals surface area contributed by atoms with Crippen LogP contribution >= 0.6 is 0 Å². The maximum absolute atomic E-state index is 2.73. The largest absolute Gasteiger partial charge is 0.303 e. The first kappa shape index (κ1) is 14.3. The number of nitrogens with zero attached hydrogens (tertiary/aromatic N) is 2. The van der Waals surface area contributed by atoms with Crippen LogP contribution in [-0.2, 0) is 0 Å². The fourth-order valence-corrected chi connectivity index (χ4v) is 3.54. The maximum atomic E-state index is 2.73. The zero-order valence-electron chi connectivity index (χ0n) is 12.9. The quantitative estimate of drug-likeness (QED) is 0.761. The standard InChI is InChI=1S/C16H32N2/c1-13(2)18-10-7-16(15(4)11-18)12-17-8-5-14(3)6-9-17/h13-16H,5-12H2,1-4H3. The molecule has 2 heterocycles. The van der Waals surface area contributed by atoms with Crippen molar-refractivity contribution in [1.29, 1.82) is 0 Å². The van der Waals surface area contributed by atoms with Gasteiger partial charge >= 0.3 is 0 Å². The topological polar surface area (TPSA) is 6.48 Å². The van der Waals surface area contributed by atoms with Crippen molar-refractivity contribution in [2.24, 2.45) is 17.8 Å². The molecule has 0 saturated carbocycles. The van der Waals surface area contributed by atoms with Gasteiger partial charge in [-0.05, 0) is 70.5 Å². The van der Waals surface area contributed by atoms with Gasteiger partial charge in [-0.1, -0.05) is 13.8 Å². The summed E-state index contributed by atoms with van der Waals surface area (Å²) in [6.45, 7) is 16.2. The summed E-state index contributed by atoms with van der Waals surface area (Å²) in [4.78, 5) is 5.38. The van der Waals surface area contributed by atoms with Crippen molar-refractivity contribution in [3.8, 4) is 0 Å². The van der Waals surface area contributed by atoms with Crippen LogP contribution < -0.4 is 0 Å². The lowest BCUT2D eigenvalue weighted by molar-refractivity contribution is 0.0680. The van der Waals surface area contributed by atoms with E-state index >= 15 is 0 Å². The Morgan fingerprint density at radius 2 is 1.67 bits per heavy atom. The molecule has 2 rings (SSSR count). The molecule has 0 N–H and O–H groups in total. The van der Waals surface area contributed by atoms with Crippen LogP contribution in [0.25, 0.3) is 0 Å². The van der Waals surface area contributed by atoms with Gasteiger partial charge in [-0.15, -0.1) is 0 Å². The van der Waals surface area contributed by atoms with E-state index in [2.05, 4.69) is 37.5 Å². The van der Waals surface area contributed by atoms with Crippen LogP contribution in [0.2, 0.25) is 0 Å². The lowest BCUT2D eigenvalue weighted by Crippen LogP contribution is -2.47. The zero-order valence-corrected chi connectivity index (χ0v) is 12.9. The normalized spacial score (nSPS) is 33.2. The third-order valence-corrected chi connectivity index (χ3v) is 5.21. The fourth-order valence-electron chi connectivity index (χ4n) is 3.54.